The Hall–Kier alpha value is -3.96. The van der Waals surface area contributed by atoms with Gasteiger partial charge in [-0.05, 0) is 24.3 Å². The number of carbonyl (C=O) groups is 1. The lowest BCUT2D eigenvalue weighted by molar-refractivity contribution is 0.102. The minimum atomic E-state index is -0.215. The zero-order chi connectivity index (χ0) is 24.7. The molecule has 0 spiro atoms. The van der Waals surface area contributed by atoms with Gasteiger partial charge in [0.15, 0.2) is 0 Å². The standard InChI is InChI=1S/C25H27N9OS/c1-2-20-29-24(30-21-16-18(8-9-26-21)23(35)28-19-6-4-3-5-7-19)32-25(31-20)34-13-11-33(12-14-34)17-22-27-10-15-36-22/h3-10,15-16H,2,11-14,17H2,1H3,(H,28,35)(H,26,29,30,31,32). The number of hydrogen-bond acceptors (Lipinski definition) is 10. The predicted molar refractivity (Wildman–Crippen MR) is 141 cm³/mol. The molecule has 5 rings (SSSR count). The van der Waals surface area contributed by atoms with Crippen LogP contribution in [0.5, 0.6) is 0 Å². The van der Waals surface area contributed by atoms with Gasteiger partial charge in [-0.2, -0.15) is 15.0 Å². The molecule has 10 nitrogen and oxygen atoms in total. The summed E-state index contributed by atoms with van der Waals surface area (Å²) in [5, 5.41) is 9.19. The number of thiazole rings is 1. The molecule has 0 radical (unpaired) electrons. The Balaban J connectivity index is 1.26. The van der Waals surface area contributed by atoms with Crippen molar-refractivity contribution in [3.63, 3.8) is 0 Å². The molecule has 36 heavy (non-hydrogen) atoms. The molecule has 1 fully saturated rings. The van der Waals surface area contributed by atoms with Crippen LogP contribution in [0.2, 0.25) is 0 Å². The number of carbonyl (C=O) groups excluding carboxylic acids is 1. The summed E-state index contributed by atoms with van der Waals surface area (Å²) in [5.41, 5.74) is 1.22. The Kier molecular flexibility index (Phi) is 7.39. The van der Waals surface area contributed by atoms with Crippen molar-refractivity contribution < 1.29 is 4.79 Å². The molecule has 0 saturated carbocycles. The van der Waals surface area contributed by atoms with Gasteiger partial charge in [-0.15, -0.1) is 11.3 Å². The average Bonchev–Trinajstić information content (AvgIpc) is 3.43. The van der Waals surface area contributed by atoms with Crippen LogP contribution in [-0.4, -0.2) is 61.9 Å². The van der Waals surface area contributed by atoms with Crippen LogP contribution >= 0.6 is 11.3 Å². The number of anilines is 4. The van der Waals surface area contributed by atoms with Crippen molar-refractivity contribution in [1.82, 2.24) is 29.8 Å². The molecule has 0 aliphatic carbocycles. The number of hydrogen-bond donors (Lipinski definition) is 2. The normalized spacial score (nSPS) is 14.0. The Morgan fingerprint density at radius 1 is 1.00 bits per heavy atom. The van der Waals surface area contributed by atoms with Crippen molar-refractivity contribution in [3.8, 4) is 0 Å². The fourth-order valence-electron chi connectivity index (χ4n) is 3.87. The van der Waals surface area contributed by atoms with E-state index in [0.717, 1.165) is 43.4 Å². The number of aromatic nitrogens is 5. The molecule has 4 heterocycles. The van der Waals surface area contributed by atoms with Gasteiger partial charge in [0.05, 0.1) is 6.54 Å². The van der Waals surface area contributed by atoms with Crippen LogP contribution < -0.4 is 15.5 Å². The van der Waals surface area contributed by atoms with Crippen molar-refractivity contribution in [2.24, 2.45) is 0 Å². The number of rotatable bonds is 8. The van der Waals surface area contributed by atoms with Gasteiger partial charge in [-0.25, -0.2) is 9.97 Å². The largest absolute Gasteiger partial charge is 0.338 e. The quantitative estimate of drug-likeness (QED) is 0.374. The lowest BCUT2D eigenvalue weighted by atomic mass is 10.2. The highest BCUT2D eigenvalue weighted by Gasteiger charge is 2.21. The van der Waals surface area contributed by atoms with Gasteiger partial charge in [0.1, 0.15) is 16.6 Å². The van der Waals surface area contributed by atoms with E-state index in [0.29, 0.717) is 35.5 Å². The van der Waals surface area contributed by atoms with E-state index in [1.165, 1.54) is 0 Å². The predicted octanol–water partition coefficient (Wildman–Crippen LogP) is 3.60. The summed E-state index contributed by atoms with van der Waals surface area (Å²) in [6.45, 7) is 6.36. The molecule has 184 valence electrons. The SMILES string of the molecule is CCc1nc(Nc2cc(C(=O)Nc3ccccc3)ccn2)nc(N2CCN(Cc3nccs3)CC2)n1. The maximum atomic E-state index is 12.7. The third-order valence-corrected chi connectivity index (χ3v) is 6.54. The first-order chi connectivity index (χ1) is 17.7. The Labute approximate surface area is 213 Å². The molecule has 3 aromatic heterocycles. The Morgan fingerprint density at radius 3 is 2.58 bits per heavy atom. The lowest BCUT2D eigenvalue weighted by Gasteiger charge is -2.34. The fourth-order valence-corrected chi connectivity index (χ4v) is 4.53. The van der Waals surface area contributed by atoms with Gasteiger partial charge < -0.3 is 15.5 Å². The first-order valence-corrected chi connectivity index (χ1v) is 12.7. The number of aryl methyl sites for hydroxylation is 1. The average molecular weight is 502 g/mol. The molecule has 0 unspecified atom stereocenters. The van der Waals surface area contributed by atoms with Gasteiger partial charge in [0, 0.05) is 61.6 Å². The minimum absolute atomic E-state index is 0.215. The molecule has 1 aromatic carbocycles. The smallest absolute Gasteiger partial charge is 0.255 e. The van der Waals surface area contributed by atoms with Gasteiger partial charge in [-0.1, -0.05) is 25.1 Å². The van der Waals surface area contributed by atoms with Crippen LogP contribution in [0, 0.1) is 0 Å². The highest BCUT2D eigenvalue weighted by molar-refractivity contribution is 7.09. The molecule has 1 aliphatic rings. The Morgan fingerprint density at radius 2 is 1.83 bits per heavy atom. The molecule has 11 heteroatoms. The molecule has 0 atom stereocenters. The fraction of sp³-hybridized carbons (Fsp3) is 0.280. The van der Waals surface area contributed by atoms with E-state index in [2.05, 4.69) is 45.4 Å². The van der Waals surface area contributed by atoms with Crippen molar-refractivity contribution in [3.05, 3.63) is 76.6 Å². The second-order valence-corrected chi connectivity index (χ2v) is 9.27. The van der Waals surface area contributed by atoms with Gasteiger partial charge in [0.2, 0.25) is 11.9 Å². The second kappa shape index (κ2) is 11.2. The van der Waals surface area contributed by atoms with Crippen molar-refractivity contribution in [2.45, 2.75) is 19.9 Å². The summed E-state index contributed by atoms with van der Waals surface area (Å²) < 4.78 is 0. The summed E-state index contributed by atoms with van der Waals surface area (Å²) in [6, 6.07) is 12.7. The van der Waals surface area contributed by atoms with Crippen LogP contribution in [0.3, 0.4) is 0 Å². The van der Waals surface area contributed by atoms with Crippen molar-refractivity contribution >= 4 is 40.6 Å². The van der Waals surface area contributed by atoms with E-state index in [9.17, 15) is 4.79 Å². The molecule has 1 saturated heterocycles. The molecule has 4 aromatic rings. The van der Waals surface area contributed by atoms with Gasteiger partial charge in [0.25, 0.3) is 5.91 Å². The minimum Gasteiger partial charge on any atom is -0.338 e. The van der Waals surface area contributed by atoms with Crippen molar-refractivity contribution in [2.75, 3.05) is 41.7 Å². The van der Waals surface area contributed by atoms with Crippen LogP contribution in [0.15, 0.2) is 60.2 Å². The molecule has 1 aliphatic heterocycles. The van der Waals surface area contributed by atoms with Crippen LogP contribution in [0.25, 0.3) is 0 Å². The first-order valence-electron chi connectivity index (χ1n) is 11.9. The number of pyridine rings is 1. The van der Waals surface area contributed by atoms with Crippen LogP contribution in [-0.2, 0) is 13.0 Å². The first kappa shape index (κ1) is 23.8. The lowest BCUT2D eigenvalue weighted by Crippen LogP contribution is -2.46. The summed E-state index contributed by atoms with van der Waals surface area (Å²) in [7, 11) is 0. The van der Waals surface area contributed by atoms with Crippen LogP contribution in [0.1, 0.15) is 28.1 Å². The maximum Gasteiger partial charge on any atom is 0.255 e. The molecule has 1 amide bonds. The number of benzene rings is 1. The van der Waals surface area contributed by atoms with E-state index < -0.39 is 0 Å². The van der Waals surface area contributed by atoms with Gasteiger partial charge in [-0.3, -0.25) is 9.69 Å². The summed E-state index contributed by atoms with van der Waals surface area (Å²) in [5.74, 6) is 2.04. The van der Waals surface area contributed by atoms with Gasteiger partial charge >= 0.3 is 0 Å². The Bertz CT molecular complexity index is 1290. The number of nitrogens with zero attached hydrogens (tertiary/aromatic N) is 7. The van der Waals surface area contributed by atoms with E-state index in [1.54, 1.807) is 29.7 Å². The molecular formula is C25H27N9OS. The van der Waals surface area contributed by atoms with E-state index in [-0.39, 0.29) is 5.91 Å². The van der Waals surface area contributed by atoms with E-state index >= 15 is 0 Å². The molecule has 2 N–H and O–H groups in total. The third-order valence-electron chi connectivity index (χ3n) is 5.78. The summed E-state index contributed by atoms with van der Waals surface area (Å²) >= 11 is 1.69. The second-order valence-electron chi connectivity index (χ2n) is 8.29. The van der Waals surface area contributed by atoms with E-state index in [4.69, 9.17) is 0 Å². The number of amides is 1. The third kappa shape index (κ3) is 5.99. The zero-order valence-corrected chi connectivity index (χ0v) is 20.8. The number of para-hydroxylation sites is 1. The molecule has 0 bridgehead atoms. The van der Waals surface area contributed by atoms with E-state index in [1.807, 2.05) is 48.8 Å². The number of nitrogens with one attached hydrogen (secondary N) is 2. The maximum absolute atomic E-state index is 12.7. The van der Waals surface area contributed by atoms with Crippen LogP contribution in [0.4, 0.5) is 23.4 Å². The highest BCUT2D eigenvalue weighted by Crippen LogP contribution is 2.19. The number of piperazine rings is 1. The highest BCUT2D eigenvalue weighted by atomic mass is 32.1. The monoisotopic (exact) mass is 501 g/mol. The molecular weight excluding hydrogens is 474 g/mol. The van der Waals surface area contributed by atoms with Crippen molar-refractivity contribution in [1.29, 1.82) is 0 Å². The topological polar surface area (TPSA) is 112 Å². The zero-order valence-electron chi connectivity index (χ0n) is 20.0. The summed E-state index contributed by atoms with van der Waals surface area (Å²) in [6.07, 6.45) is 4.12. The summed E-state index contributed by atoms with van der Waals surface area (Å²) in [4.78, 5) is 39.9.